The van der Waals surface area contributed by atoms with E-state index >= 15 is 0 Å². The number of amides is 1. The molecule has 1 N–H and O–H groups in total. The summed E-state index contributed by atoms with van der Waals surface area (Å²) in [5.41, 5.74) is 0.911. The van der Waals surface area contributed by atoms with E-state index < -0.39 is 0 Å². The molecule has 0 heterocycles. The predicted octanol–water partition coefficient (Wildman–Crippen LogP) is 2.37. The number of methoxy groups -OCH3 is 2. The maximum atomic E-state index is 11.7. The topological polar surface area (TPSA) is 47.6 Å². The van der Waals surface area contributed by atoms with Crippen molar-refractivity contribution in [3.63, 3.8) is 0 Å². The van der Waals surface area contributed by atoms with Gasteiger partial charge in [-0.2, -0.15) is 0 Å². The van der Waals surface area contributed by atoms with Gasteiger partial charge in [0.2, 0.25) is 5.91 Å². The van der Waals surface area contributed by atoms with E-state index in [4.69, 9.17) is 9.47 Å². The lowest BCUT2D eigenvalue weighted by Gasteiger charge is -2.13. The second-order valence-corrected chi connectivity index (χ2v) is 4.20. The van der Waals surface area contributed by atoms with Gasteiger partial charge in [0, 0.05) is 18.0 Å². The van der Waals surface area contributed by atoms with Crippen LogP contribution in [0.1, 0.15) is 25.8 Å². The Labute approximate surface area is 108 Å². The number of rotatable bonds is 6. The van der Waals surface area contributed by atoms with Crippen LogP contribution in [-0.2, 0) is 11.3 Å². The van der Waals surface area contributed by atoms with Crippen LogP contribution >= 0.6 is 0 Å². The van der Waals surface area contributed by atoms with Crippen molar-refractivity contribution >= 4 is 5.91 Å². The van der Waals surface area contributed by atoms with Crippen LogP contribution in [0.5, 0.6) is 11.5 Å². The number of hydrogen-bond donors (Lipinski definition) is 1. The van der Waals surface area contributed by atoms with Crippen molar-refractivity contribution in [2.75, 3.05) is 14.2 Å². The summed E-state index contributed by atoms with van der Waals surface area (Å²) in [6.45, 7) is 4.36. The normalized spacial score (nSPS) is 11.8. The lowest BCUT2D eigenvalue weighted by molar-refractivity contribution is -0.124. The number of benzene rings is 1. The molecule has 0 aromatic heterocycles. The second-order valence-electron chi connectivity index (χ2n) is 4.20. The molecule has 0 spiro atoms. The van der Waals surface area contributed by atoms with Gasteiger partial charge in [0.1, 0.15) is 11.5 Å². The number of ether oxygens (including phenoxy) is 2. The fourth-order valence-electron chi connectivity index (χ4n) is 1.56. The maximum absolute atomic E-state index is 11.7. The molecule has 4 nitrogen and oxygen atoms in total. The predicted molar refractivity (Wildman–Crippen MR) is 70.8 cm³/mol. The minimum Gasteiger partial charge on any atom is -0.497 e. The summed E-state index contributed by atoms with van der Waals surface area (Å²) in [5.74, 6) is 1.59. The van der Waals surface area contributed by atoms with Gasteiger partial charge < -0.3 is 14.8 Å². The van der Waals surface area contributed by atoms with Crippen molar-refractivity contribution < 1.29 is 14.3 Å². The molecule has 0 fully saturated rings. The molecule has 0 aliphatic heterocycles. The Balaban J connectivity index is 2.73. The van der Waals surface area contributed by atoms with Crippen molar-refractivity contribution in [3.8, 4) is 11.5 Å². The number of nitrogens with one attached hydrogen (secondary N) is 1. The lowest BCUT2D eigenvalue weighted by Crippen LogP contribution is -2.28. The first-order valence-electron chi connectivity index (χ1n) is 6.11. The SMILES string of the molecule is CCC(C)C(=O)NCc1cc(OC)ccc1OC. The first kappa shape index (κ1) is 14.4. The zero-order valence-electron chi connectivity index (χ0n) is 11.4. The van der Waals surface area contributed by atoms with Gasteiger partial charge in [-0.25, -0.2) is 0 Å². The monoisotopic (exact) mass is 251 g/mol. The van der Waals surface area contributed by atoms with E-state index in [9.17, 15) is 4.79 Å². The highest BCUT2D eigenvalue weighted by atomic mass is 16.5. The number of carbonyl (C=O) groups is 1. The van der Waals surface area contributed by atoms with Crippen LogP contribution in [0.25, 0.3) is 0 Å². The van der Waals surface area contributed by atoms with Crippen LogP contribution in [0.4, 0.5) is 0 Å². The smallest absolute Gasteiger partial charge is 0.223 e. The Kier molecular flexibility index (Phi) is 5.49. The van der Waals surface area contributed by atoms with Crippen LogP contribution in [0.2, 0.25) is 0 Å². The Morgan fingerprint density at radius 2 is 2.06 bits per heavy atom. The highest BCUT2D eigenvalue weighted by Gasteiger charge is 2.11. The van der Waals surface area contributed by atoms with Gasteiger partial charge in [-0.1, -0.05) is 13.8 Å². The fourth-order valence-corrected chi connectivity index (χ4v) is 1.56. The average molecular weight is 251 g/mol. The molecule has 1 atom stereocenters. The summed E-state index contributed by atoms with van der Waals surface area (Å²) in [6, 6.07) is 5.54. The first-order valence-corrected chi connectivity index (χ1v) is 6.11. The molecule has 0 saturated carbocycles. The maximum Gasteiger partial charge on any atom is 0.223 e. The summed E-state index contributed by atoms with van der Waals surface area (Å²) in [6.07, 6.45) is 0.834. The van der Waals surface area contributed by atoms with E-state index in [0.29, 0.717) is 6.54 Å². The Morgan fingerprint density at radius 3 is 2.61 bits per heavy atom. The standard InChI is InChI=1S/C14H21NO3/c1-5-10(2)14(16)15-9-11-8-12(17-3)6-7-13(11)18-4/h6-8,10H,5,9H2,1-4H3,(H,15,16). The molecule has 1 aromatic carbocycles. The van der Waals surface area contributed by atoms with Crippen LogP contribution < -0.4 is 14.8 Å². The number of carbonyl (C=O) groups excluding carboxylic acids is 1. The molecule has 1 amide bonds. The van der Waals surface area contributed by atoms with Crippen molar-refractivity contribution in [1.82, 2.24) is 5.32 Å². The summed E-state index contributed by atoms with van der Waals surface area (Å²) < 4.78 is 10.4. The van der Waals surface area contributed by atoms with Gasteiger partial charge in [0.15, 0.2) is 0 Å². The molecule has 0 aliphatic carbocycles. The van der Waals surface area contributed by atoms with E-state index in [-0.39, 0.29) is 11.8 Å². The first-order chi connectivity index (χ1) is 8.62. The van der Waals surface area contributed by atoms with Gasteiger partial charge >= 0.3 is 0 Å². The molecule has 0 radical (unpaired) electrons. The van der Waals surface area contributed by atoms with Gasteiger partial charge in [0.05, 0.1) is 14.2 Å². The molecule has 0 bridgehead atoms. The third kappa shape index (κ3) is 3.65. The Morgan fingerprint density at radius 1 is 1.33 bits per heavy atom. The summed E-state index contributed by atoms with van der Waals surface area (Å²) >= 11 is 0. The molecular formula is C14H21NO3. The third-order valence-electron chi connectivity index (χ3n) is 3.00. The molecule has 18 heavy (non-hydrogen) atoms. The van der Waals surface area contributed by atoms with E-state index in [2.05, 4.69) is 5.32 Å². The largest absolute Gasteiger partial charge is 0.497 e. The summed E-state index contributed by atoms with van der Waals surface area (Å²) in [5, 5.41) is 2.90. The van der Waals surface area contributed by atoms with Gasteiger partial charge in [-0.05, 0) is 24.6 Å². The van der Waals surface area contributed by atoms with Crippen molar-refractivity contribution in [2.24, 2.45) is 5.92 Å². The minimum atomic E-state index is 0.0293. The van der Waals surface area contributed by atoms with E-state index in [1.54, 1.807) is 14.2 Å². The lowest BCUT2D eigenvalue weighted by atomic mass is 10.1. The highest BCUT2D eigenvalue weighted by Crippen LogP contribution is 2.23. The molecule has 0 saturated heterocycles. The van der Waals surface area contributed by atoms with E-state index in [1.165, 1.54) is 0 Å². The molecule has 4 heteroatoms. The molecule has 1 rings (SSSR count). The van der Waals surface area contributed by atoms with E-state index in [1.807, 2.05) is 32.0 Å². The summed E-state index contributed by atoms with van der Waals surface area (Å²) in [4.78, 5) is 11.7. The molecule has 1 aromatic rings. The van der Waals surface area contributed by atoms with Crippen LogP contribution in [0.3, 0.4) is 0 Å². The highest BCUT2D eigenvalue weighted by molar-refractivity contribution is 5.78. The van der Waals surface area contributed by atoms with Crippen LogP contribution in [0, 0.1) is 5.92 Å². The quantitative estimate of drug-likeness (QED) is 0.844. The molecule has 0 aliphatic rings. The zero-order chi connectivity index (χ0) is 13.5. The fraction of sp³-hybridized carbons (Fsp3) is 0.500. The Hall–Kier alpha value is -1.71. The van der Waals surface area contributed by atoms with Crippen LogP contribution in [0.15, 0.2) is 18.2 Å². The molecule has 1 unspecified atom stereocenters. The zero-order valence-corrected chi connectivity index (χ0v) is 11.4. The molecule has 100 valence electrons. The van der Waals surface area contributed by atoms with Gasteiger partial charge in [-0.3, -0.25) is 4.79 Å². The number of hydrogen-bond acceptors (Lipinski definition) is 3. The summed E-state index contributed by atoms with van der Waals surface area (Å²) in [7, 11) is 3.23. The average Bonchev–Trinajstić information content (AvgIpc) is 2.43. The van der Waals surface area contributed by atoms with E-state index in [0.717, 1.165) is 23.5 Å². The Bertz CT molecular complexity index is 404. The van der Waals surface area contributed by atoms with Crippen LogP contribution in [-0.4, -0.2) is 20.1 Å². The van der Waals surface area contributed by atoms with Crippen molar-refractivity contribution in [3.05, 3.63) is 23.8 Å². The third-order valence-corrected chi connectivity index (χ3v) is 3.00. The van der Waals surface area contributed by atoms with Gasteiger partial charge in [0.25, 0.3) is 0 Å². The second kappa shape index (κ2) is 6.89. The van der Waals surface area contributed by atoms with Gasteiger partial charge in [-0.15, -0.1) is 0 Å². The van der Waals surface area contributed by atoms with Crippen molar-refractivity contribution in [1.29, 1.82) is 0 Å². The minimum absolute atomic E-state index is 0.0293. The van der Waals surface area contributed by atoms with Crippen molar-refractivity contribution in [2.45, 2.75) is 26.8 Å². The molecular weight excluding hydrogens is 230 g/mol.